The highest BCUT2D eigenvalue weighted by atomic mass is 16.5. The third-order valence-electron chi connectivity index (χ3n) is 4.24. The molecule has 1 aliphatic rings. The van der Waals surface area contributed by atoms with Crippen molar-refractivity contribution in [1.82, 2.24) is 0 Å². The van der Waals surface area contributed by atoms with Crippen molar-refractivity contribution in [1.29, 1.82) is 0 Å². The lowest BCUT2D eigenvalue weighted by molar-refractivity contribution is -0.201. The first-order chi connectivity index (χ1) is 11.5. The van der Waals surface area contributed by atoms with Gasteiger partial charge in [0.1, 0.15) is 0 Å². The highest BCUT2D eigenvalue weighted by Crippen LogP contribution is 2.29. The summed E-state index contributed by atoms with van der Waals surface area (Å²) in [5.41, 5.74) is 5.65. The van der Waals surface area contributed by atoms with Gasteiger partial charge in [-0.1, -0.05) is 43.9 Å². The van der Waals surface area contributed by atoms with Crippen LogP contribution in [-0.2, 0) is 4.79 Å². The lowest BCUT2D eigenvalue weighted by atomic mass is 10.1. The maximum Gasteiger partial charge on any atom is 0.364 e. The Hall–Kier alpha value is -1.61. The molecule has 0 aromatic rings. The molecule has 0 atom stereocenters. The predicted octanol–water partition coefficient (Wildman–Crippen LogP) is 4.25. The van der Waals surface area contributed by atoms with Crippen LogP contribution in [-0.4, -0.2) is 27.1 Å². The number of carbonyl (C=O) groups is 1. The molecule has 1 aliphatic carbocycles. The minimum atomic E-state index is -2.71. The average molecular weight is 334 g/mol. The minimum absolute atomic E-state index is 0.373. The summed E-state index contributed by atoms with van der Waals surface area (Å²) in [6.45, 7) is 2.22. The first kappa shape index (κ1) is 20.4. The summed E-state index contributed by atoms with van der Waals surface area (Å²) in [6, 6.07) is 0. The van der Waals surface area contributed by atoms with E-state index in [4.69, 9.17) is 5.11 Å². The number of aliphatic carboxylic acids is 1. The van der Waals surface area contributed by atoms with Crippen molar-refractivity contribution in [2.24, 2.45) is 0 Å². The van der Waals surface area contributed by atoms with Crippen molar-refractivity contribution < 1.29 is 20.1 Å². The fourth-order valence-electron chi connectivity index (χ4n) is 2.73. The Morgan fingerprint density at radius 1 is 1.21 bits per heavy atom. The van der Waals surface area contributed by atoms with Crippen LogP contribution >= 0.6 is 0 Å². The lowest BCUT2D eigenvalue weighted by Gasteiger charge is -2.12. The van der Waals surface area contributed by atoms with Crippen molar-refractivity contribution in [2.45, 2.75) is 76.9 Å². The van der Waals surface area contributed by atoms with Crippen LogP contribution in [0.25, 0.3) is 0 Å². The highest BCUT2D eigenvalue weighted by Gasteiger charge is 2.31. The molecule has 4 heteroatoms. The topological polar surface area (TPSA) is 77.8 Å². The van der Waals surface area contributed by atoms with E-state index >= 15 is 0 Å². The van der Waals surface area contributed by atoms with Crippen LogP contribution in [0.2, 0.25) is 0 Å². The monoisotopic (exact) mass is 334 g/mol. The predicted molar refractivity (Wildman–Crippen MR) is 95.5 cm³/mol. The Morgan fingerprint density at radius 3 is 2.71 bits per heavy atom. The van der Waals surface area contributed by atoms with Gasteiger partial charge in [0, 0.05) is 6.42 Å². The molecule has 0 aromatic heterocycles. The molecule has 3 N–H and O–H groups in total. The van der Waals surface area contributed by atoms with E-state index in [1.165, 1.54) is 49.3 Å². The number of hydrogen-bond donors (Lipinski definition) is 3. The molecule has 0 aromatic carbocycles. The van der Waals surface area contributed by atoms with Gasteiger partial charge < -0.3 is 15.3 Å². The molecule has 0 fully saturated rings. The summed E-state index contributed by atoms with van der Waals surface area (Å²) in [6.07, 6.45) is 17.8. The van der Waals surface area contributed by atoms with Gasteiger partial charge in [-0.15, -0.1) is 5.73 Å². The normalized spacial score (nSPS) is 15.0. The second-order valence-electron chi connectivity index (χ2n) is 6.34. The van der Waals surface area contributed by atoms with Gasteiger partial charge >= 0.3 is 5.97 Å². The van der Waals surface area contributed by atoms with Gasteiger partial charge in [0.25, 0.3) is 5.79 Å². The van der Waals surface area contributed by atoms with Crippen LogP contribution in [0.5, 0.6) is 0 Å². The molecule has 0 spiro atoms. The van der Waals surface area contributed by atoms with Crippen molar-refractivity contribution in [3.05, 3.63) is 41.2 Å². The Labute approximate surface area is 144 Å². The van der Waals surface area contributed by atoms with Gasteiger partial charge in [-0.05, 0) is 56.3 Å². The zero-order valence-electron chi connectivity index (χ0n) is 14.6. The Morgan fingerprint density at radius 2 is 2.00 bits per heavy atom. The lowest BCUT2D eigenvalue weighted by Crippen LogP contribution is -2.37. The quantitative estimate of drug-likeness (QED) is 0.300. The maximum atomic E-state index is 10.5. The smallest absolute Gasteiger partial charge is 0.364 e. The molecule has 24 heavy (non-hydrogen) atoms. The molecule has 0 aliphatic heterocycles. The van der Waals surface area contributed by atoms with Gasteiger partial charge in [-0.3, -0.25) is 0 Å². The third kappa shape index (κ3) is 7.78. The number of carboxylic acids is 1. The van der Waals surface area contributed by atoms with Crippen LogP contribution in [0.1, 0.15) is 71.1 Å². The first-order valence-electron chi connectivity index (χ1n) is 8.92. The number of carboxylic acid groups (broad SMARTS) is 1. The largest absolute Gasteiger partial charge is 0.477 e. The summed E-state index contributed by atoms with van der Waals surface area (Å²) in [7, 11) is 0. The van der Waals surface area contributed by atoms with E-state index in [0.29, 0.717) is 0 Å². The molecule has 4 nitrogen and oxygen atoms in total. The van der Waals surface area contributed by atoms with E-state index in [1.807, 2.05) is 6.08 Å². The molecule has 0 saturated carbocycles. The molecule has 0 unspecified atom stereocenters. The summed E-state index contributed by atoms with van der Waals surface area (Å²) < 4.78 is 0. The van der Waals surface area contributed by atoms with Gasteiger partial charge in [0.2, 0.25) is 0 Å². The molecule has 1 rings (SSSR count). The van der Waals surface area contributed by atoms with Crippen LogP contribution in [0.3, 0.4) is 0 Å². The second-order valence-corrected chi connectivity index (χ2v) is 6.34. The van der Waals surface area contributed by atoms with E-state index in [9.17, 15) is 15.0 Å². The molecule has 0 saturated heterocycles. The van der Waals surface area contributed by atoms with Crippen molar-refractivity contribution >= 4 is 5.97 Å². The van der Waals surface area contributed by atoms with E-state index < -0.39 is 11.8 Å². The van der Waals surface area contributed by atoms with Crippen LogP contribution < -0.4 is 0 Å². The first-order valence-corrected chi connectivity index (χ1v) is 8.92. The standard InChI is InChI=1S/C20H30O4/c1-2-3-4-5-6-8-12-17-14-11-15-18(17)13-9-7-10-16-20(23,24)19(21)22/h8-10,12,23-24H,2-6,11,13-16H2,1H3,(H,21,22)/b12-8+. The SMILES string of the molecule is CCCCCC/C=C/C1=C(CC=C=CCC(O)(O)C(=O)O)CCC1. The number of rotatable bonds is 11. The zero-order chi connectivity index (χ0) is 17.8. The summed E-state index contributed by atoms with van der Waals surface area (Å²) >= 11 is 0. The van der Waals surface area contributed by atoms with E-state index in [2.05, 4.69) is 24.8 Å². The van der Waals surface area contributed by atoms with Gasteiger partial charge in [-0.25, -0.2) is 4.79 Å². The summed E-state index contributed by atoms with van der Waals surface area (Å²) in [5, 5.41) is 26.9. The fourth-order valence-corrected chi connectivity index (χ4v) is 2.73. The van der Waals surface area contributed by atoms with Crippen LogP contribution in [0.4, 0.5) is 0 Å². The molecule has 0 heterocycles. The van der Waals surface area contributed by atoms with Gasteiger partial charge in [-0.2, -0.15) is 0 Å². The number of unbranched alkanes of at least 4 members (excludes halogenated alkanes) is 4. The molecular weight excluding hydrogens is 304 g/mol. The Balaban J connectivity index is 2.45. The Bertz CT molecular complexity index is 520. The van der Waals surface area contributed by atoms with Crippen molar-refractivity contribution in [2.75, 3.05) is 0 Å². The maximum absolute atomic E-state index is 10.5. The van der Waals surface area contributed by atoms with Crippen molar-refractivity contribution in [3.63, 3.8) is 0 Å². The second kappa shape index (κ2) is 11.0. The zero-order valence-corrected chi connectivity index (χ0v) is 14.6. The average Bonchev–Trinajstić information content (AvgIpc) is 2.97. The summed E-state index contributed by atoms with van der Waals surface area (Å²) in [5.74, 6) is -4.36. The molecule has 0 radical (unpaired) electrons. The number of allylic oxidation sites excluding steroid dienone is 4. The molecule has 0 amide bonds. The Kier molecular flexibility index (Phi) is 9.39. The van der Waals surface area contributed by atoms with Crippen LogP contribution in [0.15, 0.2) is 41.2 Å². The fraction of sp³-hybridized carbons (Fsp3) is 0.600. The van der Waals surface area contributed by atoms with Crippen LogP contribution in [0, 0.1) is 0 Å². The third-order valence-corrected chi connectivity index (χ3v) is 4.24. The number of hydrogen-bond acceptors (Lipinski definition) is 3. The number of aliphatic hydroxyl groups is 2. The van der Waals surface area contributed by atoms with E-state index in [0.717, 1.165) is 25.7 Å². The molecule has 134 valence electrons. The van der Waals surface area contributed by atoms with Crippen molar-refractivity contribution in [3.8, 4) is 0 Å². The highest BCUT2D eigenvalue weighted by molar-refractivity contribution is 5.75. The van der Waals surface area contributed by atoms with E-state index in [-0.39, 0.29) is 6.42 Å². The minimum Gasteiger partial charge on any atom is -0.477 e. The van der Waals surface area contributed by atoms with Gasteiger partial charge in [0.05, 0.1) is 0 Å². The molecular formula is C20H30O4. The summed E-state index contributed by atoms with van der Waals surface area (Å²) in [4.78, 5) is 10.5. The van der Waals surface area contributed by atoms with E-state index in [1.54, 1.807) is 0 Å². The van der Waals surface area contributed by atoms with Gasteiger partial charge in [0.15, 0.2) is 0 Å². The molecule has 0 bridgehead atoms.